The van der Waals surface area contributed by atoms with E-state index in [2.05, 4.69) is 11.1 Å². The van der Waals surface area contributed by atoms with Gasteiger partial charge < -0.3 is 5.11 Å². The summed E-state index contributed by atoms with van der Waals surface area (Å²) in [7, 11) is 0. The molecule has 0 unspecified atom stereocenters. The van der Waals surface area contributed by atoms with E-state index in [1.807, 2.05) is 42.5 Å². The molecule has 0 bridgehead atoms. The summed E-state index contributed by atoms with van der Waals surface area (Å²) in [6, 6.07) is 16.0. The summed E-state index contributed by atoms with van der Waals surface area (Å²) in [5.41, 5.74) is 2.83. The molecule has 3 rings (SSSR count). The summed E-state index contributed by atoms with van der Waals surface area (Å²) in [6.07, 6.45) is 12.1. The van der Waals surface area contributed by atoms with Crippen molar-refractivity contribution in [1.82, 2.24) is 0 Å². The standard InChI is InChI=1S/C22H27NO/c24-22-19(17-23-20-14-8-5-9-15-20)13-10-16-21(22)18-11-6-3-1-2-4-7-12-18/h5,8-10,13-18,24H,1-4,6-7,11-12H2. The van der Waals surface area contributed by atoms with Crippen molar-refractivity contribution in [3.05, 3.63) is 59.7 Å². The van der Waals surface area contributed by atoms with E-state index in [1.165, 1.54) is 51.4 Å². The van der Waals surface area contributed by atoms with Crippen LogP contribution in [0.25, 0.3) is 0 Å². The SMILES string of the molecule is Oc1c(C=Nc2ccccc2)cccc1C1CCCCCCCC1. The van der Waals surface area contributed by atoms with Gasteiger partial charge in [0, 0.05) is 11.8 Å². The predicted octanol–water partition coefficient (Wildman–Crippen LogP) is 6.36. The van der Waals surface area contributed by atoms with E-state index in [0.717, 1.165) is 16.8 Å². The highest BCUT2D eigenvalue weighted by Gasteiger charge is 2.17. The number of hydrogen-bond donors (Lipinski definition) is 1. The lowest BCUT2D eigenvalue weighted by Gasteiger charge is -2.18. The Bertz CT molecular complexity index is 653. The minimum Gasteiger partial charge on any atom is -0.507 e. The third-order valence-corrected chi connectivity index (χ3v) is 5.00. The zero-order chi connectivity index (χ0) is 16.6. The lowest BCUT2D eigenvalue weighted by Crippen LogP contribution is -2.01. The van der Waals surface area contributed by atoms with Crippen LogP contribution in [-0.4, -0.2) is 11.3 Å². The third-order valence-electron chi connectivity index (χ3n) is 5.00. The molecule has 1 fully saturated rings. The van der Waals surface area contributed by atoms with E-state index < -0.39 is 0 Å². The molecular formula is C22H27NO. The maximum atomic E-state index is 10.8. The van der Waals surface area contributed by atoms with Crippen molar-refractivity contribution < 1.29 is 5.11 Å². The van der Waals surface area contributed by atoms with Crippen LogP contribution in [0.1, 0.15) is 68.4 Å². The Kier molecular flexibility index (Phi) is 6.06. The maximum absolute atomic E-state index is 10.8. The van der Waals surface area contributed by atoms with Crippen molar-refractivity contribution in [2.45, 2.75) is 57.3 Å². The number of nitrogens with zero attached hydrogens (tertiary/aromatic N) is 1. The second-order valence-corrected chi connectivity index (χ2v) is 6.77. The minimum absolute atomic E-state index is 0.418. The van der Waals surface area contributed by atoms with Crippen molar-refractivity contribution in [2.75, 3.05) is 0 Å². The van der Waals surface area contributed by atoms with Crippen molar-refractivity contribution in [1.29, 1.82) is 0 Å². The quantitative estimate of drug-likeness (QED) is 0.655. The first-order chi connectivity index (χ1) is 11.8. The van der Waals surface area contributed by atoms with E-state index in [0.29, 0.717) is 11.7 Å². The number of aliphatic imine (C=N–C) groups is 1. The first-order valence-corrected chi connectivity index (χ1v) is 9.25. The highest BCUT2D eigenvalue weighted by molar-refractivity contribution is 5.86. The van der Waals surface area contributed by atoms with Gasteiger partial charge in [-0.2, -0.15) is 0 Å². The molecule has 1 aliphatic carbocycles. The van der Waals surface area contributed by atoms with E-state index in [4.69, 9.17) is 0 Å². The summed E-state index contributed by atoms with van der Waals surface area (Å²) in [5.74, 6) is 0.898. The van der Waals surface area contributed by atoms with E-state index >= 15 is 0 Å². The molecule has 2 heteroatoms. The highest BCUT2D eigenvalue weighted by Crippen LogP contribution is 2.36. The van der Waals surface area contributed by atoms with Crippen LogP contribution < -0.4 is 0 Å². The fourth-order valence-electron chi connectivity index (χ4n) is 3.62. The molecule has 24 heavy (non-hydrogen) atoms. The van der Waals surface area contributed by atoms with Crippen LogP contribution in [-0.2, 0) is 0 Å². The number of benzene rings is 2. The lowest BCUT2D eigenvalue weighted by atomic mass is 9.88. The Hall–Kier alpha value is -2.09. The topological polar surface area (TPSA) is 32.6 Å². The van der Waals surface area contributed by atoms with Crippen molar-refractivity contribution in [3.63, 3.8) is 0 Å². The summed E-state index contributed by atoms with van der Waals surface area (Å²) < 4.78 is 0. The Balaban J connectivity index is 1.80. The summed E-state index contributed by atoms with van der Waals surface area (Å²) >= 11 is 0. The molecule has 1 N–H and O–H groups in total. The normalized spacial score (nSPS) is 17.3. The largest absolute Gasteiger partial charge is 0.507 e. The Labute approximate surface area is 145 Å². The summed E-state index contributed by atoms with van der Waals surface area (Å²) in [6.45, 7) is 0. The van der Waals surface area contributed by atoms with Crippen LogP contribution in [0.3, 0.4) is 0 Å². The van der Waals surface area contributed by atoms with Gasteiger partial charge in [-0.1, -0.05) is 68.9 Å². The molecule has 0 aliphatic heterocycles. The van der Waals surface area contributed by atoms with E-state index in [1.54, 1.807) is 6.21 Å². The Morgan fingerprint density at radius 2 is 1.46 bits per heavy atom. The average Bonchev–Trinajstić information content (AvgIpc) is 2.76. The van der Waals surface area contributed by atoms with Gasteiger partial charge >= 0.3 is 0 Å². The van der Waals surface area contributed by atoms with Gasteiger partial charge in [0.1, 0.15) is 5.75 Å². The maximum Gasteiger partial charge on any atom is 0.127 e. The number of para-hydroxylation sites is 2. The number of phenols is 1. The lowest BCUT2D eigenvalue weighted by molar-refractivity contribution is 0.447. The van der Waals surface area contributed by atoms with Crippen molar-refractivity contribution in [2.24, 2.45) is 4.99 Å². The van der Waals surface area contributed by atoms with Gasteiger partial charge in [0.05, 0.1) is 5.69 Å². The number of hydrogen-bond acceptors (Lipinski definition) is 2. The Morgan fingerprint density at radius 3 is 2.17 bits per heavy atom. The van der Waals surface area contributed by atoms with Crippen molar-refractivity contribution in [3.8, 4) is 5.75 Å². The van der Waals surface area contributed by atoms with Crippen LogP contribution >= 0.6 is 0 Å². The molecule has 0 spiro atoms. The van der Waals surface area contributed by atoms with Crippen molar-refractivity contribution >= 4 is 11.9 Å². The second kappa shape index (κ2) is 8.68. The molecule has 0 amide bonds. The smallest absolute Gasteiger partial charge is 0.127 e. The first kappa shape index (κ1) is 16.8. The van der Waals surface area contributed by atoms with Crippen LogP contribution in [0.5, 0.6) is 5.75 Å². The zero-order valence-corrected chi connectivity index (χ0v) is 14.3. The van der Waals surface area contributed by atoms with E-state index in [9.17, 15) is 5.11 Å². The molecule has 2 aromatic carbocycles. The minimum atomic E-state index is 0.418. The molecule has 0 heterocycles. The molecule has 2 nitrogen and oxygen atoms in total. The van der Waals surface area contributed by atoms with Gasteiger partial charge in [-0.05, 0) is 42.5 Å². The average molecular weight is 321 g/mol. The predicted molar refractivity (Wildman–Crippen MR) is 101 cm³/mol. The highest BCUT2D eigenvalue weighted by atomic mass is 16.3. The molecule has 0 radical (unpaired) electrons. The molecule has 1 saturated carbocycles. The monoisotopic (exact) mass is 321 g/mol. The second-order valence-electron chi connectivity index (χ2n) is 6.77. The third kappa shape index (κ3) is 4.47. The molecule has 2 aromatic rings. The zero-order valence-electron chi connectivity index (χ0n) is 14.3. The number of aromatic hydroxyl groups is 1. The molecule has 0 aromatic heterocycles. The first-order valence-electron chi connectivity index (χ1n) is 9.25. The molecular weight excluding hydrogens is 294 g/mol. The summed E-state index contributed by atoms with van der Waals surface area (Å²) in [5, 5.41) is 10.8. The van der Waals surface area contributed by atoms with Gasteiger partial charge in [0.2, 0.25) is 0 Å². The molecule has 0 saturated heterocycles. The van der Waals surface area contributed by atoms with E-state index in [-0.39, 0.29) is 0 Å². The van der Waals surface area contributed by atoms with Crippen LogP contribution in [0, 0.1) is 0 Å². The summed E-state index contributed by atoms with van der Waals surface area (Å²) in [4.78, 5) is 4.49. The molecule has 126 valence electrons. The molecule has 1 aliphatic rings. The van der Waals surface area contributed by atoms with Gasteiger partial charge in [-0.3, -0.25) is 4.99 Å². The van der Waals surface area contributed by atoms with Crippen LogP contribution in [0.15, 0.2) is 53.5 Å². The molecule has 0 atom stereocenters. The fourth-order valence-corrected chi connectivity index (χ4v) is 3.62. The number of phenolic OH excluding ortho intramolecular Hbond substituents is 1. The van der Waals surface area contributed by atoms with Crippen LogP contribution in [0.2, 0.25) is 0 Å². The van der Waals surface area contributed by atoms with Gasteiger partial charge in [-0.15, -0.1) is 0 Å². The van der Waals surface area contributed by atoms with Gasteiger partial charge in [0.25, 0.3) is 0 Å². The van der Waals surface area contributed by atoms with Crippen LogP contribution in [0.4, 0.5) is 5.69 Å². The Morgan fingerprint density at radius 1 is 0.792 bits per heavy atom. The number of rotatable bonds is 3. The van der Waals surface area contributed by atoms with Gasteiger partial charge in [0.15, 0.2) is 0 Å². The fraction of sp³-hybridized carbons (Fsp3) is 0.409. The van der Waals surface area contributed by atoms with Gasteiger partial charge in [-0.25, -0.2) is 0 Å².